The second-order valence-corrected chi connectivity index (χ2v) is 5.86. The molecule has 0 bridgehead atoms. The van der Waals surface area contributed by atoms with Crippen LogP contribution in [-0.4, -0.2) is 45.1 Å². The maximum atomic E-state index is 5.03. The lowest BCUT2D eigenvalue weighted by Gasteiger charge is -2.11. The number of nitrogens with zero attached hydrogens (tertiary/aromatic N) is 1. The maximum absolute atomic E-state index is 5.03. The van der Waals surface area contributed by atoms with Crippen molar-refractivity contribution >= 4 is 41.7 Å². The van der Waals surface area contributed by atoms with Crippen LogP contribution in [0.25, 0.3) is 0 Å². The van der Waals surface area contributed by atoms with E-state index in [2.05, 4.69) is 53.7 Å². The second-order valence-electron chi connectivity index (χ2n) is 4.70. The van der Waals surface area contributed by atoms with Crippen LogP contribution in [0.2, 0.25) is 0 Å². The average molecular weight is 437 g/mol. The van der Waals surface area contributed by atoms with Crippen molar-refractivity contribution in [2.45, 2.75) is 25.2 Å². The number of thioether (sulfide) groups is 1. The van der Waals surface area contributed by atoms with E-state index in [1.54, 1.807) is 7.11 Å². The predicted octanol–water partition coefficient (Wildman–Crippen LogP) is 3.30. The van der Waals surface area contributed by atoms with Crippen molar-refractivity contribution in [1.29, 1.82) is 0 Å². The van der Waals surface area contributed by atoms with Crippen molar-refractivity contribution in [3.63, 3.8) is 0 Å². The lowest BCUT2D eigenvalue weighted by Crippen LogP contribution is -2.38. The quantitative estimate of drug-likeness (QED) is 0.205. The molecule has 0 aromatic heterocycles. The van der Waals surface area contributed by atoms with Crippen LogP contribution < -0.4 is 10.6 Å². The van der Waals surface area contributed by atoms with Crippen LogP contribution in [-0.2, 0) is 4.74 Å². The van der Waals surface area contributed by atoms with Crippen LogP contribution in [0, 0.1) is 6.92 Å². The molecule has 2 N–H and O–H groups in total. The number of aliphatic imine (C=N–C) groups is 1. The van der Waals surface area contributed by atoms with Crippen LogP contribution in [0.3, 0.4) is 0 Å². The van der Waals surface area contributed by atoms with Gasteiger partial charge >= 0.3 is 0 Å². The van der Waals surface area contributed by atoms with E-state index in [-0.39, 0.29) is 24.0 Å². The smallest absolute Gasteiger partial charge is 0.191 e. The summed E-state index contributed by atoms with van der Waals surface area (Å²) in [6.45, 7) is 7.50. The Bertz CT molecular complexity index is 412. The highest BCUT2D eigenvalue weighted by atomic mass is 127. The summed E-state index contributed by atoms with van der Waals surface area (Å²) in [5.41, 5.74) is 1.30. The zero-order chi connectivity index (χ0) is 15.3. The largest absolute Gasteiger partial charge is 0.385 e. The van der Waals surface area contributed by atoms with Gasteiger partial charge in [0.1, 0.15) is 0 Å². The summed E-state index contributed by atoms with van der Waals surface area (Å²) in [4.78, 5) is 5.82. The van der Waals surface area contributed by atoms with E-state index in [9.17, 15) is 0 Å². The lowest BCUT2D eigenvalue weighted by molar-refractivity contribution is 0.197. The summed E-state index contributed by atoms with van der Waals surface area (Å²) in [6.07, 6.45) is 0.950. The van der Waals surface area contributed by atoms with Crippen LogP contribution in [0.15, 0.2) is 34.2 Å². The molecule has 0 aliphatic rings. The first-order valence-electron chi connectivity index (χ1n) is 7.47. The molecule has 126 valence electrons. The minimum absolute atomic E-state index is 0. The lowest BCUT2D eigenvalue weighted by atomic mass is 10.2. The van der Waals surface area contributed by atoms with Gasteiger partial charge in [0, 0.05) is 44.0 Å². The van der Waals surface area contributed by atoms with E-state index in [1.807, 2.05) is 11.8 Å². The van der Waals surface area contributed by atoms with E-state index >= 15 is 0 Å². The minimum atomic E-state index is 0. The van der Waals surface area contributed by atoms with Crippen LogP contribution in [0.1, 0.15) is 18.9 Å². The van der Waals surface area contributed by atoms with E-state index in [4.69, 9.17) is 4.74 Å². The number of rotatable bonds is 9. The normalized spacial score (nSPS) is 11.0. The highest BCUT2D eigenvalue weighted by Crippen LogP contribution is 2.17. The monoisotopic (exact) mass is 437 g/mol. The van der Waals surface area contributed by atoms with Gasteiger partial charge in [-0.05, 0) is 32.4 Å². The van der Waals surface area contributed by atoms with Crippen molar-refractivity contribution in [3.05, 3.63) is 29.8 Å². The number of guanidine groups is 1. The fourth-order valence-corrected chi connectivity index (χ4v) is 2.48. The standard InChI is InChI=1S/C16H27N3OS.HI/c1-4-17-16(18-10-5-12-20-3)19-11-13-21-15-8-6-14(2)7-9-15;/h6-9H,4-5,10-13H2,1-3H3,(H2,17,18,19);1H. The highest BCUT2D eigenvalue weighted by Gasteiger charge is 1.97. The van der Waals surface area contributed by atoms with E-state index in [1.165, 1.54) is 10.5 Å². The average Bonchev–Trinajstić information content (AvgIpc) is 2.49. The first-order valence-corrected chi connectivity index (χ1v) is 8.45. The second kappa shape index (κ2) is 14.1. The molecule has 0 unspecified atom stereocenters. The molecular formula is C16H28IN3OS. The number of hydrogen-bond acceptors (Lipinski definition) is 3. The van der Waals surface area contributed by atoms with E-state index < -0.39 is 0 Å². The first kappa shape index (κ1) is 21.5. The Morgan fingerprint density at radius 2 is 1.95 bits per heavy atom. The molecule has 4 nitrogen and oxygen atoms in total. The molecule has 0 spiro atoms. The van der Waals surface area contributed by atoms with Gasteiger partial charge < -0.3 is 15.4 Å². The van der Waals surface area contributed by atoms with Gasteiger partial charge in [-0.25, -0.2) is 0 Å². The Balaban J connectivity index is 0.00000441. The fourth-order valence-electron chi connectivity index (χ4n) is 1.71. The summed E-state index contributed by atoms with van der Waals surface area (Å²) in [5.74, 6) is 1.91. The van der Waals surface area contributed by atoms with Gasteiger partial charge in [0.25, 0.3) is 0 Å². The summed E-state index contributed by atoms with van der Waals surface area (Å²) in [6, 6.07) is 8.64. The van der Waals surface area contributed by atoms with Crippen LogP contribution in [0.4, 0.5) is 0 Å². The Hall–Kier alpha value is -0.470. The number of hydrogen-bond donors (Lipinski definition) is 2. The van der Waals surface area contributed by atoms with Crippen molar-refractivity contribution in [2.75, 3.05) is 39.1 Å². The number of halogens is 1. The van der Waals surface area contributed by atoms with Crippen LogP contribution >= 0.6 is 35.7 Å². The summed E-state index contributed by atoms with van der Waals surface area (Å²) in [5, 5.41) is 6.61. The maximum Gasteiger partial charge on any atom is 0.191 e. The molecule has 22 heavy (non-hydrogen) atoms. The summed E-state index contributed by atoms with van der Waals surface area (Å²) in [7, 11) is 1.72. The third kappa shape index (κ3) is 10.3. The van der Waals surface area contributed by atoms with Crippen molar-refractivity contribution in [1.82, 2.24) is 10.6 Å². The Kier molecular flexibility index (Phi) is 13.8. The SMILES string of the molecule is CCNC(=NCCCOC)NCCSc1ccc(C)cc1.I. The number of benzene rings is 1. The molecular weight excluding hydrogens is 409 g/mol. The number of aryl methyl sites for hydroxylation is 1. The summed E-state index contributed by atoms with van der Waals surface area (Å²) < 4.78 is 5.03. The molecule has 0 fully saturated rings. The highest BCUT2D eigenvalue weighted by molar-refractivity contribution is 14.0. The zero-order valence-electron chi connectivity index (χ0n) is 13.7. The van der Waals surface area contributed by atoms with Crippen LogP contribution in [0.5, 0.6) is 0 Å². The molecule has 0 amide bonds. The first-order chi connectivity index (χ1) is 10.3. The van der Waals surface area contributed by atoms with Gasteiger partial charge in [-0.15, -0.1) is 35.7 Å². The van der Waals surface area contributed by atoms with Gasteiger partial charge in [-0.2, -0.15) is 0 Å². The molecule has 1 aromatic carbocycles. The number of nitrogens with one attached hydrogen (secondary N) is 2. The summed E-state index contributed by atoms with van der Waals surface area (Å²) >= 11 is 1.86. The van der Waals surface area contributed by atoms with E-state index in [0.29, 0.717) is 0 Å². The zero-order valence-corrected chi connectivity index (χ0v) is 16.9. The molecule has 0 saturated heterocycles. The number of ether oxygens (including phenoxy) is 1. The number of methoxy groups -OCH3 is 1. The molecule has 1 aromatic rings. The minimum Gasteiger partial charge on any atom is -0.385 e. The molecule has 0 radical (unpaired) electrons. The van der Waals surface area contributed by atoms with Crippen molar-refractivity contribution < 1.29 is 4.74 Å². The van der Waals surface area contributed by atoms with Crippen molar-refractivity contribution in [2.24, 2.45) is 4.99 Å². The molecule has 0 saturated carbocycles. The Labute approximate surface area is 155 Å². The van der Waals surface area contributed by atoms with Gasteiger partial charge in [0.05, 0.1) is 0 Å². The van der Waals surface area contributed by atoms with Crippen molar-refractivity contribution in [3.8, 4) is 0 Å². The molecule has 0 aliphatic heterocycles. The molecule has 6 heteroatoms. The van der Waals surface area contributed by atoms with Gasteiger partial charge in [-0.3, -0.25) is 4.99 Å². The van der Waals surface area contributed by atoms with Gasteiger partial charge in [0.15, 0.2) is 5.96 Å². The third-order valence-corrected chi connectivity index (χ3v) is 3.82. The van der Waals surface area contributed by atoms with Gasteiger partial charge in [0.2, 0.25) is 0 Å². The Morgan fingerprint density at radius 1 is 1.23 bits per heavy atom. The topological polar surface area (TPSA) is 45.7 Å². The Morgan fingerprint density at radius 3 is 2.59 bits per heavy atom. The molecule has 0 heterocycles. The fraction of sp³-hybridized carbons (Fsp3) is 0.562. The molecule has 1 rings (SSSR count). The molecule has 0 atom stereocenters. The molecule has 0 aliphatic carbocycles. The third-order valence-electron chi connectivity index (χ3n) is 2.80. The van der Waals surface area contributed by atoms with E-state index in [0.717, 1.165) is 44.4 Å². The van der Waals surface area contributed by atoms with Gasteiger partial charge in [-0.1, -0.05) is 17.7 Å². The predicted molar refractivity (Wildman–Crippen MR) is 108 cm³/mol.